The minimum atomic E-state index is -4.65. The van der Waals surface area contributed by atoms with Gasteiger partial charge in [-0.2, -0.15) is 18.3 Å². The first-order valence-electron chi connectivity index (χ1n) is 6.89. The molecule has 0 aromatic carbocycles. The van der Waals surface area contributed by atoms with Crippen LogP contribution in [0.1, 0.15) is 52.0 Å². The lowest BCUT2D eigenvalue weighted by atomic mass is 9.88. The first-order chi connectivity index (χ1) is 9.76. The van der Waals surface area contributed by atoms with Gasteiger partial charge < -0.3 is 5.32 Å². The zero-order chi connectivity index (χ0) is 17.5. The van der Waals surface area contributed by atoms with E-state index in [4.69, 9.17) is 11.6 Å². The first kappa shape index (κ1) is 18.8. The Morgan fingerprint density at radius 2 is 1.77 bits per heavy atom. The van der Waals surface area contributed by atoms with Crippen molar-refractivity contribution in [1.29, 1.82) is 0 Å². The summed E-state index contributed by atoms with van der Waals surface area (Å²) in [6.45, 7) is 10.6. The average molecular weight is 340 g/mol. The molecule has 0 spiro atoms. The van der Waals surface area contributed by atoms with Crippen molar-refractivity contribution in [2.75, 3.05) is 0 Å². The molecular weight excluding hydrogens is 319 g/mol. The predicted octanol–water partition coefficient (Wildman–Crippen LogP) is 3.98. The Kier molecular flexibility index (Phi) is 5.22. The fourth-order valence-electron chi connectivity index (χ4n) is 1.72. The quantitative estimate of drug-likeness (QED) is 0.905. The van der Waals surface area contributed by atoms with Gasteiger partial charge in [-0.15, -0.1) is 0 Å². The van der Waals surface area contributed by atoms with E-state index in [-0.39, 0.29) is 17.2 Å². The summed E-state index contributed by atoms with van der Waals surface area (Å²) in [6.07, 6.45) is -4.65. The minimum absolute atomic E-state index is 0.111. The SMILES string of the molecule is Cc1c(Cl)c(C(F)(F)F)nn1[C@@H](C)C(=O)N[C@H](C)C(C)(C)C. The molecule has 0 saturated heterocycles. The number of hydrogen-bond acceptors (Lipinski definition) is 2. The zero-order valence-corrected chi connectivity index (χ0v) is 14.2. The second kappa shape index (κ2) is 6.10. The highest BCUT2D eigenvalue weighted by Crippen LogP contribution is 2.36. The maximum atomic E-state index is 12.8. The van der Waals surface area contributed by atoms with Gasteiger partial charge in [-0.05, 0) is 26.2 Å². The van der Waals surface area contributed by atoms with Gasteiger partial charge in [0.05, 0.1) is 10.7 Å². The van der Waals surface area contributed by atoms with E-state index in [0.717, 1.165) is 4.68 Å². The Labute approximate surface area is 133 Å². The summed E-state index contributed by atoms with van der Waals surface area (Å²) < 4.78 is 39.4. The lowest BCUT2D eigenvalue weighted by Gasteiger charge is -2.29. The molecule has 2 atom stereocenters. The van der Waals surface area contributed by atoms with Crippen LogP contribution >= 0.6 is 11.6 Å². The van der Waals surface area contributed by atoms with E-state index in [0.29, 0.717) is 0 Å². The van der Waals surface area contributed by atoms with Crippen LogP contribution in [0, 0.1) is 12.3 Å². The van der Waals surface area contributed by atoms with Gasteiger partial charge in [0.1, 0.15) is 6.04 Å². The molecule has 0 bridgehead atoms. The summed E-state index contributed by atoms with van der Waals surface area (Å²) in [4.78, 5) is 12.2. The van der Waals surface area contributed by atoms with Crippen molar-refractivity contribution >= 4 is 17.5 Å². The van der Waals surface area contributed by atoms with E-state index in [2.05, 4.69) is 10.4 Å². The van der Waals surface area contributed by atoms with E-state index < -0.39 is 28.8 Å². The number of alkyl halides is 3. The van der Waals surface area contributed by atoms with Crippen LogP contribution in [0.15, 0.2) is 0 Å². The first-order valence-corrected chi connectivity index (χ1v) is 7.26. The van der Waals surface area contributed by atoms with E-state index in [1.807, 2.05) is 27.7 Å². The molecular formula is C14H21ClF3N3O. The molecule has 0 aliphatic heterocycles. The Morgan fingerprint density at radius 3 is 2.14 bits per heavy atom. The highest BCUT2D eigenvalue weighted by molar-refractivity contribution is 6.32. The Balaban J connectivity index is 3.04. The largest absolute Gasteiger partial charge is 0.436 e. The van der Waals surface area contributed by atoms with Crippen LogP contribution in [-0.4, -0.2) is 21.7 Å². The summed E-state index contributed by atoms with van der Waals surface area (Å²) in [5.74, 6) is -0.404. The number of nitrogens with zero attached hydrogens (tertiary/aromatic N) is 2. The van der Waals surface area contributed by atoms with Gasteiger partial charge >= 0.3 is 6.18 Å². The minimum Gasteiger partial charge on any atom is -0.351 e. The van der Waals surface area contributed by atoms with Gasteiger partial charge in [0.15, 0.2) is 5.69 Å². The lowest BCUT2D eigenvalue weighted by molar-refractivity contribution is -0.142. The number of aromatic nitrogens is 2. The van der Waals surface area contributed by atoms with Crippen LogP contribution in [0.3, 0.4) is 0 Å². The van der Waals surface area contributed by atoms with Gasteiger partial charge in [0, 0.05) is 6.04 Å². The number of carbonyl (C=O) groups excluding carboxylic acids is 1. The third-order valence-corrected chi connectivity index (χ3v) is 4.20. The van der Waals surface area contributed by atoms with Gasteiger partial charge in [-0.1, -0.05) is 32.4 Å². The highest BCUT2D eigenvalue weighted by atomic mass is 35.5. The molecule has 0 aliphatic rings. The number of amides is 1. The molecule has 1 aromatic rings. The Morgan fingerprint density at radius 1 is 1.27 bits per heavy atom. The van der Waals surface area contributed by atoms with E-state index in [1.165, 1.54) is 13.8 Å². The summed E-state index contributed by atoms with van der Waals surface area (Å²) in [5, 5.41) is 5.78. The summed E-state index contributed by atoms with van der Waals surface area (Å²) >= 11 is 5.69. The van der Waals surface area contributed by atoms with Crippen molar-refractivity contribution < 1.29 is 18.0 Å². The number of rotatable bonds is 3. The summed E-state index contributed by atoms with van der Waals surface area (Å²) in [7, 11) is 0. The molecule has 22 heavy (non-hydrogen) atoms. The molecule has 0 unspecified atom stereocenters. The van der Waals surface area contributed by atoms with Crippen LogP contribution in [0.2, 0.25) is 5.02 Å². The van der Waals surface area contributed by atoms with Crippen molar-refractivity contribution in [3.63, 3.8) is 0 Å². The molecule has 8 heteroatoms. The molecule has 1 aromatic heterocycles. The molecule has 1 heterocycles. The Hall–Kier alpha value is -1.24. The molecule has 1 N–H and O–H groups in total. The molecule has 1 amide bonds. The Bertz CT molecular complexity index is 561. The number of hydrogen-bond donors (Lipinski definition) is 1. The number of carbonyl (C=O) groups is 1. The second-order valence-electron chi connectivity index (χ2n) is 6.46. The zero-order valence-electron chi connectivity index (χ0n) is 13.5. The van der Waals surface area contributed by atoms with E-state index >= 15 is 0 Å². The van der Waals surface area contributed by atoms with E-state index in [1.54, 1.807) is 0 Å². The summed E-state index contributed by atoms with van der Waals surface area (Å²) in [6, 6.07) is -1.03. The van der Waals surface area contributed by atoms with Crippen molar-refractivity contribution in [2.45, 2.75) is 59.8 Å². The van der Waals surface area contributed by atoms with Gasteiger partial charge in [-0.25, -0.2) is 0 Å². The van der Waals surface area contributed by atoms with Crippen LogP contribution in [-0.2, 0) is 11.0 Å². The summed E-state index contributed by atoms with van der Waals surface area (Å²) in [5.41, 5.74) is -1.22. The standard InChI is InChI=1S/C14H21ClF3N3O/c1-7-10(15)11(14(16,17)18)20-21(7)8(2)12(22)19-9(3)13(4,5)6/h8-9H,1-6H3,(H,19,22)/t8-,9+/m0/s1. The normalized spacial score (nSPS) is 15.5. The maximum Gasteiger partial charge on any atom is 0.436 e. The van der Waals surface area contributed by atoms with Crippen molar-refractivity contribution in [3.05, 3.63) is 16.4 Å². The van der Waals surface area contributed by atoms with Gasteiger partial charge in [0.25, 0.3) is 0 Å². The van der Waals surface area contributed by atoms with Crippen LogP contribution in [0.5, 0.6) is 0 Å². The highest BCUT2D eigenvalue weighted by Gasteiger charge is 2.39. The fraction of sp³-hybridized carbons (Fsp3) is 0.714. The number of halogens is 4. The maximum absolute atomic E-state index is 12.8. The van der Waals surface area contributed by atoms with Crippen LogP contribution < -0.4 is 5.32 Å². The predicted molar refractivity (Wildman–Crippen MR) is 78.7 cm³/mol. The smallest absolute Gasteiger partial charge is 0.351 e. The molecule has 0 radical (unpaired) electrons. The van der Waals surface area contributed by atoms with Crippen molar-refractivity contribution in [1.82, 2.24) is 15.1 Å². The third-order valence-electron chi connectivity index (χ3n) is 3.75. The van der Waals surface area contributed by atoms with Crippen LogP contribution in [0.25, 0.3) is 0 Å². The topological polar surface area (TPSA) is 46.9 Å². The second-order valence-corrected chi connectivity index (χ2v) is 6.84. The van der Waals surface area contributed by atoms with Crippen LogP contribution in [0.4, 0.5) is 13.2 Å². The van der Waals surface area contributed by atoms with Gasteiger partial charge in [0.2, 0.25) is 5.91 Å². The van der Waals surface area contributed by atoms with Crippen molar-refractivity contribution in [2.24, 2.45) is 5.41 Å². The fourth-order valence-corrected chi connectivity index (χ4v) is 1.95. The number of nitrogens with one attached hydrogen (secondary N) is 1. The molecule has 0 fully saturated rings. The molecule has 1 rings (SSSR count). The third kappa shape index (κ3) is 3.94. The average Bonchev–Trinajstić information content (AvgIpc) is 2.63. The molecule has 4 nitrogen and oxygen atoms in total. The van der Waals surface area contributed by atoms with E-state index in [9.17, 15) is 18.0 Å². The lowest BCUT2D eigenvalue weighted by Crippen LogP contribution is -2.44. The monoisotopic (exact) mass is 339 g/mol. The van der Waals surface area contributed by atoms with Crippen molar-refractivity contribution in [3.8, 4) is 0 Å². The van der Waals surface area contributed by atoms with Gasteiger partial charge in [-0.3, -0.25) is 9.48 Å². The molecule has 126 valence electrons. The molecule has 0 aliphatic carbocycles. The molecule has 0 saturated carbocycles.